The van der Waals surface area contributed by atoms with Crippen molar-refractivity contribution in [3.63, 3.8) is 0 Å². The number of nitrogens with zero attached hydrogens (tertiary/aromatic N) is 2. The number of carboxylic acids is 1. The molecule has 0 aliphatic carbocycles. The lowest BCUT2D eigenvalue weighted by Gasteiger charge is -2.05. The number of carboxylic acid groups (broad SMARTS) is 1. The van der Waals surface area contributed by atoms with Gasteiger partial charge in [-0.15, -0.1) is 0 Å². The van der Waals surface area contributed by atoms with E-state index in [1.54, 1.807) is 18.4 Å². The first-order valence-corrected chi connectivity index (χ1v) is 4.57. The molecule has 0 amide bonds. The second-order valence-corrected chi connectivity index (χ2v) is 3.02. The topological polar surface area (TPSA) is 88.2 Å². The van der Waals surface area contributed by atoms with Gasteiger partial charge in [0.05, 0.1) is 24.7 Å². The molecule has 0 fully saturated rings. The molecule has 2 aromatic heterocycles. The van der Waals surface area contributed by atoms with Crippen LogP contribution in [-0.2, 0) is 6.54 Å². The lowest BCUT2D eigenvalue weighted by Crippen LogP contribution is -2.08. The van der Waals surface area contributed by atoms with Crippen LogP contribution in [0.5, 0.6) is 0 Å². The van der Waals surface area contributed by atoms with Crippen LogP contribution in [0.15, 0.2) is 35.3 Å². The highest BCUT2D eigenvalue weighted by atomic mass is 16.4. The molecule has 0 saturated heterocycles. The van der Waals surface area contributed by atoms with Crippen molar-refractivity contribution in [1.29, 1.82) is 0 Å². The zero-order valence-corrected chi connectivity index (χ0v) is 8.25. The summed E-state index contributed by atoms with van der Waals surface area (Å²) in [5, 5.41) is 11.8. The minimum atomic E-state index is -1.09. The van der Waals surface area contributed by atoms with Gasteiger partial charge >= 0.3 is 5.97 Å². The van der Waals surface area contributed by atoms with E-state index < -0.39 is 5.97 Å². The van der Waals surface area contributed by atoms with Crippen LogP contribution >= 0.6 is 0 Å². The third-order valence-electron chi connectivity index (χ3n) is 1.95. The van der Waals surface area contributed by atoms with Gasteiger partial charge in [0.2, 0.25) is 0 Å². The first kappa shape index (κ1) is 10.2. The molecule has 0 aliphatic heterocycles. The molecule has 6 heteroatoms. The SMILES string of the molecule is O=C(O)c1ncncc1NCc1ccco1. The van der Waals surface area contributed by atoms with Crippen LogP contribution in [0.3, 0.4) is 0 Å². The Bertz CT molecular complexity index is 482. The van der Waals surface area contributed by atoms with E-state index in [1.165, 1.54) is 12.5 Å². The number of aromatic nitrogens is 2. The lowest BCUT2D eigenvalue weighted by molar-refractivity contribution is 0.0691. The predicted molar refractivity (Wildman–Crippen MR) is 55.0 cm³/mol. The van der Waals surface area contributed by atoms with Gasteiger partial charge in [-0.05, 0) is 12.1 Å². The number of anilines is 1. The van der Waals surface area contributed by atoms with Crippen LogP contribution in [-0.4, -0.2) is 21.0 Å². The van der Waals surface area contributed by atoms with Crippen LogP contribution in [0.4, 0.5) is 5.69 Å². The molecule has 0 aromatic carbocycles. The summed E-state index contributed by atoms with van der Waals surface area (Å²) in [4.78, 5) is 18.3. The van der Waals surface area contributed by atoms with Crippen molar-refractivity contribution < 1.29 is 14.3 Å². The average molecular weight is 219 g/mol. The largest absolute Gasteiger partial charge is 0.476 e. The summed E-state index contributed by atoms with van der Waals surface area (Å²) in [5.74, 6) is -0.385. The Morgan fingerprint density at radius 3 is 3.12 bits per heavy atom. The van der Waals surface area contributed by atoms with Gasteiger partial charge in [-0.2, -0.15) is 0 Å². The molecule has 16 heavy (non-hydrogen) atoms. The van der Waals surface area contributed by atoms with Crippen molar-refractivity contribution in [3.8, 4) is 0 Å². The first-order chi connectivity index (χ1) is 7.77. The fourth-order valence-electron chi connectivity index (χ4n) is 1.22. The van der Waals surface area contributed by atoms with E-state index in [0.29, 0.717) is 18.0 Å². The molecule has 2 aromatic rings. The van der Waals surface area contributed by atoms with Crippen molar-refractivity contribution in [1.82, 2.24) is 9.97 Å². The van der Waals surface area contributed by atoms with Crippen molar-refractivity contribution >= 4 is 11.7 Å². The third-order valence-corrected chi connectivity index (χ3v) is 1.95. The summed E-state index contributed by atoms with van der Waals surface area (Å²) in [6.45, 7) is 0.390. The van der Waals surface area contributed by atoms with E-state index in [2.05, 4.69) is 15.3 Å². The second-order valence-electron chi connectivity index (χ2n) is 3.02. The van der Waals surface area contributed by atoms with Gasteiger partial charge in [0.25, 0.3) is 0 Å². The molecule has 2 rings (SSSR count). The third kappa shape index (κ3) is 2.17. The molecule has 0 bridgehead atoms. The predicted octanol–water partition coefficient (Wildman–Crippen LogP) is 1.38. The maximum absolute atomic E-state index is 10.8. The Morgan fingerprint density at radius 1 is 1.56 bits per heavy atom. The molecule has 2 heterocycles. The van der Waals surface area contributed by atoms with Crippen molar-refractivity contribution in [2.75, 3.05) is 5.32 Å². The molecule has 0 radical (unpaired) electrons. The highest BCUT2D eigenvalue weighted by Crippen LogP contribution is 2.12. The number of hydrogen-bond acceptors (Lipinski definition) is 5. The zero-order chi connectivity index (χ0) is 11.4. The molecule has 82 valence electrons. The van der Waals surface area contributed by atoms with Gasteiger partial charge < -0.3 is 14.8 Å². The monoisotopic (exact) mass is 219 g/mol. The number of aromatic carboxylic acids is 1. The van der Waals surface area contributed by atoms with Gasteiger partial charge in [0, 0.05) is 0 Å². The van der Waals surface area contributed by atoms with Crippen molar-refractivity contribution in [2.45, 2.75) is 6.54 Å². The maximum Gasteiger partial charge on any atom is 0.356 e. The van der Waals surface area contributed by atoms with Crippen LogP contribution < -0.4 is 5.32 Å². The molecule has 2 N–H and O–H groups in total. The Labute approximate surface area is 91.0 Å². The van der Waals surface area contributed by atoms with Crippen molar-refractivity contribution in [2.24, 2.45) is 0 Å². The minimum Gasteiger partial charge on any atom is -0.476 e. The fourth-order valence-corrected chi connectivity index (χ4v) is 1.22. The quantitative estimate of drug-likeness (QED) is 0.807. The summed E-state index contributed by atoms with van der Waals surface area (Å²) in [6, 6.07) is 3.55. The molecule has 6 nitrogen and oxygen atoms in total. The van der Waals surface area contributed by atoms with Gasteiger partial charge in [0.15, 0.2) is 5.69 Å². The lowest BCUT2D eigenvalue weighted by atomic mass is 10.3. The smallest absolute Gasteiger partial charge is 0.356 e. The zero-order valence-electron chi connectivity index (χ0n) is 8.25. The highest BCUT2D eigenvalue weighted by molar-refractivity contribution is 5.91. The molecule has 0 spiro atoms. The molecular formula is C10H9N3O3. The highest BCUT2D eigenvalue weighted by Gasteiger charge is 2.11. The summed E-state index contributed by atoms with van der Waals surface area (Å²) in [6.07, 6.45) is 4.16. The number of carbonyl (C=O) groups is 1. The van der Waals surface area contributed by atoms with E-state index in [9.17, 15) is 4.79 Å². The Balaban J connectivity index is 2.12. The Hall–Kier alpha value is -2.37. The van der Waals surface area contributed by atoms with Gasteiger partial charge in [-0.3, -0.25) is 0 Å². The van der Waals surface area contributed by atoms with Gasteiger partial charge in [0.1, 0.15) is 12.1 Å². The number of nitrogens with one attached hydrogen (secondary N) is 1. The average Bonchev–Trinajstić information content (AvgIpc) is 2.79. The van der Waals surface area contributed by atoms with Crippen molar-refractivity contribution in [3.05, 3.63) is 42.4 Å². The van der Waals surface area contributed by atoms with E-state index in [4.69, 9.17) is 9.52 Å². The molecular weight excluding hydrogens is 210 g/mol. The van der Waals surface area contributed by atoms with Gasteiger partial charge in [-0.1, -0.05) is 0 Å². The molecule has 0 unspecified atom stereocenters. The fraction of sp³-hybridized carbons (Fsp3) is 0.100. The molecule has 0 saturated carbocycles. The Morgan fingerprint density at radius 2 is 2.44 bits per heavy atom. The maximum atomic E-state index is 10.8. The molecule has 0 atom stereocenters. The normalized spacial score (nSPS) is 10.0. The Kier molecular flexibility index (Phi) is 2.81. The number of rotatable bonds is 4. The second kappa shape index (κ2) is 4.43. The number of furan rings is 1. The standard InChI is InChI=1S/C10H9N3O3/c14-10(15)9-8(5-11-6-13-9)12-4-7-2-1-3-16-7/h1-3,5-6,12H,4H2,(H,14,15). The van der Waals surface area contributed by atoms with E-state index >= 15 is 0 Å². The summed E-state index contributed by atoms with van der Waals surface area (Å²) in [7, 11) is 0. The summed E-state index contributed by atoms with van der Waals surface area (Å²) >= 11 is 0. The van der Waals surface area contributed by atoms with Crippen LogP contribution in [0.1, 0.15) is 16.2 Å². The van der Waals surface area contributed by atoms with Crippen LogP contribution in [0, 0.1) is 0 Å². The van der Waals surface area contributed by atoms with E-state index in [1.807, 2.05) is 0 Å². The van der Waals surface area contributed by atoms with Crippen LogP contribution in [0.2, 0.25) is 0 Å². The number of hydrogen-bond donors (Lipinski definition) is 2. The summed E-state index contributed by atoms with van der Waals surface area (Å²) in [5.41, 5.74) is 0.313. The van der Waals surface area contributed by atoms with E-state index in [-0.39, 0.29) is 5.69 Å². The minimum absolute atomic E-state index is 0.0541. The molecule has 0 aliphatic rings. The summed E-state index contributed by atoms with van der Waals surface area (Å²) < 4.78 is 5.10. The van der Waals surface area contributed by atoms with E-state index in [0.717, 1.165) is 0 Å². The first-order valence-electron chi connectivity index (χ1n) is 4.57. The van der Waals surface area contributed by atoms with Gasteiger partial charge in [-0.25, -0.2) is 14.8 Å². The van der Waals surface area contributed by atoms with Crippen LogP contribution in [0.25, 0.3) is 0 Å².